The van der Waals surface area contributed by atoms with Gasteiger partial charge >= 0.3 is 17.9 Å². The number of ether oxygens (including phenoxy) is 1. The van der Waals surface area contributed by atoms with E-state index in [0.717, 1.165) is 20.8 Å². The molecule has 7 nitrogen and oxygen atoms in total. The second kappa shape index (κ2) is 4.48. The molecule has 0 saturated heterocycles. The Bertz CT molecular complexity index is 320. The van der Waals surface area contributed by atoms with E-state index in [9.17, 15) is 14.4 Å². The molecule has 92 valence electrons. The molecule has 0 aliphatic rings. The van der Waals surface area contributed by atoms with Crippen LogP contribution < -0.4 is 0 Å². The first-order valence-electron chi connectivity index (χ1n) is 4.38. The van der Waals surface area contributed by atoms with Crippen molar-refractivity contribution in [2.75, 3.05) is 6.61 Å². The smallest absolute Gasteiger partial charge is 0.336 e. The summed E-state index contributed by atoms with van der Waals surface area (Å²) in [5.41, 5.74) is -3.87. The minimum absolute atomic E-state index is 0.875. The molecule has 0 aromatic carbocycles. The number of hydrogen-bond acceptors (Lipinski definition) is 4. The highest BCUT2D eigenvalue weighted by Crippen LogP contribution is 2.34. The first-order valence-corrected chi connectivity index (χ1v) is 4.38. The summed E-state index contributed by atoms with van der Waals surface area (Å²) in [6.45, 7) is 2.47. The molecule has 7 heteroatoms. The Labute approximate surface area is 91.6 Å². The zero-order valence-corrected chi connectivity index (χ0v) is 9.18. The van der Waals surface area contributed by atoms with Crippen LogP contribution >= 0.6 is 0 Å². The summed E-state index contributed by atoms with van der Waals surface area (Å²) in [5, 5.41) is 26.2. The quantitative estimate of drug-likeness (QED) is 0.593. The van der Waals surface area contributed by atoms with Gasteiger partial charge in [-0.15, -0.1) is 0 Å². The van der Waals surface area contributed by atoms with Gasteiger partial charge in [-0.25, -0.2) is 9.59 Å². The van der Waals surface area contributed by atoms with Crippen molar-refractivity contribution in [1.29, 1.82) is 0 Å². The van der Waals surface area contributed by atoms with E-state index in [-0.39, 0.29) is 0 Å². The molecule has 0 radical (unpaired) electrons. The van der Waals surface area contributed by atoms with Crippen molar-refractivity contribution in [3.05, 3.63) is 0 Å². The summed E-state index contributed by atoms with van der Waals surface area (Å²) >= 11 is 0. The van der Waals surface area contributed by atoms with E-state index in [2.05, 4.69) is 0 Å². The second-order valence-electron chi connectivity index (χ2n) is 3.95. The van der Waals surface area contributed by atoms with Crippen LogP contribution in [0.2, 0.25) is 0 Å². The maximum absolute atomic E-state index is 11.0. The molecule has 16 heavy (non-hydrogen) atoms. The van der Waals surface area contributed by atoms with E-state index in [1.807, 2.05) is 0 Å². The zero-order valence-electron chi connectivity index (χ0n) is 9.18. The van der Waals surface area contributed by atoms with Crippen LogP contribution in [0.15, 0.2) is 0 Å². The topological polar surface area (TPSA) is 121 Å². The average molecular weight is 234 g/mol. The Balaban J connectivity index is 5.18. The normalized spacial score (nSPS) is 15.2. The van der Waals surface area contributed by atoms with E-state index in [4.69, 9.17) is 20.1 Å². The highest BCUT2D eigenvalue weighted by Gasteiger charge is 2.54. The summed E-state index contributed by atoms with van der Waals surface area (Å²) in [5.74, 6) is -4.28. The molecule has 0 aromatic rings. The largest absolute Gasteiger partial charge is 0.481 e. The van der Waals surface area contributed by atoms with Crippen LogP contribution in [0.5, 0.6) is 0 Å². The SMILES string of the molecule is CC(C)(C(=O)O)C(C)(OCC(=O)O)C(=O)O. The minimum atomic E-state index is -2.11. The molecule has 0 rings (SSSR count). The van der Waals surface area contributed by atoms with Crippen molar-refractivity contribution in [2.45, 2.75) is 26.4 Å². The number of carboxylic acids is 3. The van der Waals surface area contributed by atoms with Crippen LogP contribution in [-0.4, -0.2) is 45.4 Å². The molecule has 0 fully saturated rings. The third-order valence-corrected chi connectivity index (χ3v) is 2.62. The summed E-state index contributed by atoms with van der Waals surface area (Å²) in [7, 11) is 0. The van der Waals surface area contributed by atoms with Crippen LogP contribution in [-0.2, 0) is 19.1 Å². The third-order valence-electron chi connectivity index (χ3n) is 2.62. The van der Waals surface area contributed by atoms with E-state index < -0.39 is 35.5 Å². The van der Waals surface area contributed by atoms with Crippen LogP contribution in [0.4, 0.5) is 0 Å². The van der Waals surface area contributed by atoms with E-state index in [0.29, 0.717) is 0 Å². The van der Waals surface area contributed by atoms with Gasteiger partial charge in [0.05, 0.1) is 0 Å². The van der Waals surface area contributed by atoms with Crippen molar-refractivity contribution in [1.82, 2.24) is 0 Å². The third kappa shape index (κ3) is 2.48. The van der Waals surface area contributed by atoms with Crippen molar-refractivity contribution in [3.63, 3.8) is 0 Å². The van der Waals surface area contributed by atoms with Crippen molar-refractivity contribution >= 4 is 17.9 Å². The molecule has 0 saturated carbocycles. The fourth-order valence-electron chi connectivity index (χ4n) is 0.920. The summed E-state index contributed by atoms with van der Waals surface area (Å²) < 4.78 is 4.70. The van der Waals surface area contributed by atoms with Crippen molar-refractivity contribution in [3.8, 4) is 0 Å². The lowest BCUT2D eigenvalue weighted by atomic mass is 9.76. The van der Waals surface area contributed by atoms with Gasteiger partial charge in [0.2, 0.25) is 0 Å². The van der Waals surface area contributed by atoms with Crippen LogP contribution in [0.3, 0.4) is 0 Å². The van der Waals surface area contributed by atoms with Crippen LogP contribution in [0.25, 0.3) is 0 Å². The molecular formula is C9H14O7. The zero-order chi connectivity index (χ0) is 13.1. The Morgan fingerprint density at radius 2 is 1.44 bits per heavy atom. The van der Waals surface area contributed by atoms with Gasteiger partial charge in [-0.05, 0) is 20.8 Å². The maximum atomic E-state index is 11.0. The molecule has 0 heterocycles. The molecule has 0 bridgehead atoms. The highest BCUT2D eigenvalue weighted by atomic mass is 16.5. The van der Waals surface area contributed by atoms with Crippen LogP contribution in [0.1, 0.15) is 20.8 Å². The van der Waals surface area contributed by atoms with Crippen molar-refractivity contribution in [2.24, 2.45) is 5.41 Å². The molecule has 0 aromatic heterocycles. The van der Waals surface area contributed by atoms with Gasteiger partial charge in [-0.2, -0.15) is 0 Å². The first kappa shape index (κ1) is 14.4. The molecule has 0 amide bonds. The lowest BCUT2D eigenvalue weighted by Gasteiger charge is -2.36. The molecular weight excluding hydrogens is 220 g/mol. The van der Waals surface area contributed by atoms with Gasteiger partial charge in [0.1, 0.15) is 12.0 Å². The molecule has 1 atom stereocenters. The van der Waals surface area contributed by atoms with Gasteiger partial charge in [0.25, 0.3) is 0 Å². The van der Waals surface area contributed by atoms with Gasteiger partial charge in [0, 0.05) is 0 Å². The maximum Gasteiger partial charge on any atom is 0.336 e. The lowest BCUT2D eigenvalue weighted by Crippen LogP contribution is -2.55. The number of rotatable bonds is 6. The van der Waals surface area contributed by atoms with E-state index in [1.54, 1.807) is 0 Å². The Morgan fingerprint density at radius 1 is 1.00 bits per heavy atom. The number of aliphatic carboxylic acids is 3. The molecule has 3 N–H and O–H groups in total. The average Bonchev–Trinajstić information content (AvgIpc) is 2.12. The summed E-state index contributed by atoms with van der Waals surface area (Å²) in [6.07, 6.45) is 0. The molecule has 0 aliphatic heterocycles. The molecule has 0 spiro atoms. The fourth-order valence-corrected chi connectivity index (χ4v) is 0.920. The number of carboxylic acid groups (broad SMARTS) is 3. The van der Waals surface area contributed by atoms with E-state index >= 15 is 0 Å². The van der Waals surface area contributed by atoms with Gasteiger partial charge < -0.3 is 20.1 Å². The Morgan fingerprint density at radius 3 is 1.69 bits per heavy atom. The predicted octanol–water partition coefficient (Wildman–Crippen LogP) is 0.0417. The Kier molecular flexibility index (Phi) is 4.02. The van der Waals surface area contributed by atoms with Gasteiger partial charge in [0.15, 0.2) is 5.60 Å². The number of carbonyl (C=O) groups is 3. The monoisotopic (exact) mass is 234 g/mol. The van der Waals surface area contributed by atoms with Crippen molar-refractivity contribution < 1.29 is 34.4 Å². The fraction of sp³-hybridized carbons (Fsp3) is 0.667. The highest BCUT2D eigenvalue weighted by molar-refractivity contribution is 5.88. The summed E-state index contributed by atoms with van der Waals surface area (Å²) in [4.78, 5) is 32.2. The molecule has 1 unspecified atom stereocenters. The standard InChI is InChI=1S/C9H14O7/c1-8(2,6(12)13)9(3,7(14)15)16-4-5(10)11/h4H2,1-3H3,(H,10,11)(H,12,13)(H,14,15). The van der Waals surface area contributed by atoms with Gasteiger partial charge in [-0.3, -0.25) is 4.79 Å². The Hall–Kier alpha value is -1.63. The van der Waals surface area contributed by atoms with Crippen LogP contribution in [0, 0.1) is 5.41 Å². The minimum Gasteiger partial charge on any atom is -0.481 e. The van der Waals surface area contributed by atoms with E-state index in [1.165, 1.54) is 0 Å². The predicted molar refractivity (Wildman–Crippen MR) is 51.0 cm³/mol. The van der Waals surface area contributed by atoms with Gasteiger partial charge in [-0.1, -0.05) is 0 Å². The number of hydrogen-bond donors (Lipinski definition) is 3. The first-order chi connectivity index (χ1) is 7.05. The summed E-state index contributed by atoms with van der Waals surface area (Å²) in [6, 6.07) is 0. The lowest BCUT2D eigenvalue weighted by molar-refractivity contribution is -0.195. The second-order valence-corrected chi connectivity index (χ2v) is 3.95. The molecule has 0 aliphatic carbocycles.